The van der Waals surface area contributed by atoms with Crippen molar-refractivity contribution in [1.29, 1.82) is 0 Å². The Labute approximate surface area is 87.8 Å². The SMILES string of the molecule is C[C@@H](N)c1cncn1Cc1ncn(C)n1. The van der Waals surface area contributed by atoms with E-state index in [-0.39, 0.29) is 6.04 Å². The first-order chi connectivity index (χ1) is 7.16. The van der Waals surface area contributed by atoms with Gasteiger partial charge >= 0.3 is 0 Å². The van der Waals surface area contributed by atoms with Gasteiger partial charge in [0.1, 0.15) is 6.33 Å². The third-order valence-corrected chi connectivity index (χ3v) is 2.17. The Bertz CT molecular complexity index is 441. The maximum atomic E-state index is 5.81. The molecule has 0 saturated carbocycles. The van der Waals surface area contributed by atoms with Crippen LogP contribution in [-0.2, 0) is 13.6 Å². The zero-order valence-corrected chi connectivity index (χ0v) is 8.83. The fourth-order valence-electron chi connectivity index (χ4n) is 1.45. The fourth-order valence-corrected chi connectivity index (χ4v) is 1.45. The van der Waals surface area contributed by atoms with Gasteiger partial charge in [-0.2, -0.15) is 5.10 Å². The standard InChI is InChI=1S/C9H14N6/c1-7(10)8-3-11-5-15(8)4-9-12-6-14(2)13-9/h3,5-7H,4,10H2,1-2H3/t7-/m1/s1. The van der Waals surface area contributed by atoms with Crippen molar-refractivity contribution < 1.29 is 0 Å². The third-order valence-electron chi connectivity index (χ3n) is 2.17. The van der Waals surface area contributed by atoms with E-state index < -0.39 is 0 Å². The Morgan fingerprint density at radius 1 is 1.47 bits per heavy atom. The number of aryl methyl sites for hydroxylation is 1. The minimum atomic E-state index is -0.0313. The molecule has 6 heteroatoms. The number of hydrogen-bond donors (Lipinski definition) is 1. The number of imidazole rings is 1. The summed E-state index contributed by atoms with van der Waals surface area (Å²) < 4.78 is 3.64. The van der Waals surface area contributed by atoms with E-state index >= 15 is 0 Å². The van der Waals surface area contributed by atoms with Gasteiger partial charge in [-0.25, -0.2) is 9.97 Å². The lowest BCUT2D eigenvalue weighted by molar-refractivity contribution is 0.645. The lowest BCUT2D eigenvalue weighted by Crippen LogP contribution is -2.13. The van der Waals surface area contributed by atoms with Crippen molar-refractivity contribution in [2.75, 3.05) is 0 Å². The quantitative estimate of drug-likeness (QED) is 0.771. The Kier molecular flexibility index (Phi) is 2.51. The Hall–Kier alpha value is -1.69. The molecule has 2 rings (SSSR count). The number of hydrogen-bond acceptors (Lipinski definition) is 4. The van der Waals surface area contributed by atoms with Crippen LogP contribution in [-0.4, -0.2) is 24.3 Å². The highest BCUT2D eigenvalue weighted by Gasteiger charge is 2.08. The van der Waals surface area contributed by atoms with Gasteiger partial charge in [0.2, 0.25) is 0 Å². The van der Waals surface area contributed by atoms with Crippen LogP contribution in [0.5, 0.6) is 0 Å². The van der Waals surface area contributed by atoms with Crippen LogP contribution in [0.4, 0.5) is 0 Å². The molecule has 0 aliphatic heterocycles. The molecule has 1 atom stereocenters. The summed E-state index contributed by atoms with van der Waals surface area (Å²) in [6.07, 6.45) is 5.19. The van der Waals surface area contributed by atoms with E-state index in [1.54, 1.807) is 23.5 Å². The second-order valence-electron chi connectivity index (χ2n) is 3.57. The van der Waals surface area contributed by atoms with Gasteiger partial charge in [-0.3, -0.25) is 4.68 Å². The van der Waals surface area contributed by atoms with Crippen molar-refractivity contribution in [3.8, 4) is 0 Å². The maximum Gasteiger partial charge on any atom is 0.170 e. The van der Waals surface area contributed by atoms with Crippen molar-refractivity contribution in [1.82, 2.24) is 24.3 Å². The fraction of sp³-hybridized carbons (Fsp3) is 0.444. The maximum absolute atomic E-state index is 5.81. The lowest BCUT2D eigenvalue weighted by Gasteiger charge is -2.08. The highest BCUT2D eigenvalue weighted by Crippen LogP contribution is 2.09. The van der Waals surface area contributed by atoms with Crippen LogP contribution in [0.15, 0.2) is 18.9 Å². The molecule has 0 unspecified atom stereocenters. The predicted molar refractivity (Wildman–Crippen MR) is 54.9 cm³/mol. The molecule has 2 aromatic rings. The zero-order valence-electron chi connectivity index (χ0n) is 8.83. The van der Waals surface area contributed by atoms with Crippen molar-refractivity contribution >= 4 is 0 Å². The third kappa shape index (κ3) is 2.04. The summed E-state index contributed by atoms with van der Waals surface area (Å²) >= 11 is 0. The first-order valence-electron chi connectivity index (χ1n) is 4.77. The van der Waals surface area contributed by atoms with Crippen LogP contribution in [0.25, 0.3) is 0 Å². The van der Waals surface area contributed by atoms with Crippen LogP contribution in [0, 0.1) is 0 Å². The van der Waals surface area contributed by atoms with Crippen LogP contribution in [0.1, 0.15) is 24.5 Å². The summed E-state index contributed by atoms with van der Waals surface area (Å²) in [7, 11) is 1.84. The molecule has 2 N–H and O–H groups in total. The van der Waals surface area contributed by atoms with Gasteiger partial charge in [-0.1, -0.05) is 0 Å². The monoisotopic (exact) mass is 206 g/mol. The van der Waals surface area contributed by atoms with E-state index in [0.717, 1.165) is 11.5 Å². The smallest absolute Gasteiger partial charge is 0.170 e. The van der Waals surface area contributed by atoms with Crippen LogP contribution >= 0.6 is 0 Å². The molecule has 0 saturated heterocycles. The van der Waals surface area contributed by atoms with E-state index in [9.17, 15) is 0 Å². The van der Waals surface area contributed by atoms with E-state index in [1.807, 2.05) is 18.5 Å². The molecule has 80 valence electrons. The molecule has 0 amide bonds. The number of aromatic nitrogens is 5. The van der Waals surface area contributed by atoms with Gasteiger partial charge in [-0.05, 0) is 6.92 Å². The van der Waals surface area contributed by atoms with E-state index in [2.05, 4.69) is 15.1 Å². The van der Waals surface area contributed by atoms with Crippen LogP contribution in [0.3, 0.4) is 0 Å². The molecule has 6 nitrogen and oxygen atoms in total. The molecule has 0 radical (unpaired) electrons. The van der Waals surface area contributed by atoms with Crippen LogP contribution < -0.4 is 5.73 Å². The van der Waals surface area contributed by atoms with Gasteiger partial charge in [-0.15, -0.1) is 0 Å². The van der Waals surface area contributed by atoms with E-state index in [1.165, 1.54) is 0 Å². The van der Waals surface area contributed by atoms with Crippen LogP contribution in [0.2, 0.25) is 0 Å². The molecule has 15 heavy (non-hydrogen) atoms. The van der Waals surface area contributed by atoms with Gasteiger partial charge < -0.3 is 10.3 Å². The molecular weight excluding hydrogens is 192 g/mol. The average molecular weight is 206 g/mol. The molecule has 2 heterocycles. The van der Waals surface area contributed by atoms with E-state index in [0.29, 0.717) is 6.54 Å². The molecule has 0 bridgehead atoms. The predicted octanol–water partition coefficient (Wildman–Crippen LogP) is 0.0796. The summed E-state index contributed by atoms with van der Waals surface area (Å²) in [6.45, 7) is 2.54. The summed E-state index contributed by atoms with van der Waals surface area (Å²) in [4.78, 5) is 8.22. The van der Waals surface area contributed by atoms with Gasteiger partial charge in [0.05, 0.1) is 18.6 Å². The summed E-state index contributed by atoms with van der Waals surface area (Å²) in [5, 5.41) is 4.20. The van der Waals surface area contributed by atoms with Crippen molar-refractivity contribution in [3.63, 3.8) is 0 Å². The lowest BCUT2D eigenvalue weighted by atomic mass is 10.3. The minimum Gasteiger partial charge on any atom is -0.325 e. The van der Waals surface area contributed by atoms with Crippen molar-refractivity contribution in [2.24, 2.45) is 12.8 Å². The minimum absolute atomic E-state index is 0.0313. The molecule has 0 aromatic carbocycles. The first kappa shape index (κ1) is 9.85. The van der Waals surface area contributed by atoms with Crippen molar-refractivity contribution in [2.45, 2.75) is 19.5 Å². The largest absolute Gasteiger partial charge is 0.325 e. The molecular formula is C9H14N6. The highest BCUT2D eigenvalue weighted by atomic mass is 15.3. The normalized spacial score (nSPS) is 13.0. The van der Waals surface area contributed by atoms with Gasteiger partial charge in [0, 0.05) is 19.3 Å². The van der Waals surface area contributed by atoms with E-state index in [4.69, 9.17) is 5.73 Å². The number of nitrogens with two attached hydrogens (primary N) is 1. The zero-order chi connectivity index (χ0) is 10.8. The topological polar surface area (TPSA) is 74.5 Å². The molecule has 2 aromatic heterocycles. The molecule has 0 aliphatic rings. The second kappa shape index (κ2) is 3.82. The van der Waals surface area contributed by atoms with Gasteiger partial charge in [0.25, 0.3) is 0 Å². The molecule has 0 spiro atoms. The summed E-state index contributed by atoms with van der Waals surface area (Å²) in [5.41, 5.74) is 6.80. The second-order valence-corrected chi connectivity index (χ2v) is 3.57. The first-order valence-corrected chi connectivity index (χ1v) is 4.77. The Morgan fingerprint density at radius 2 is 2.27 bits per heavy atom. The van der Waals surface area contributed by atoms with Crippen molar-refractivity contribution in [3.05, 3.63) is 30.4 Å². The Morgan fingerprint density at radius 3 is 2.87 bits per heavy atom. The number of nitrogens with zero attached hydrogens (tertiary/aromatic N) is 5. The highest BCUT2D eigenvalue weighted by molar-refractivity contribution is 5.04. The summed E-state index contributed by atoms with van der Waals surface area (Å²) in [5.74, 6) is 0.761. The number of rotatable bonds is 3. The Balaban J connectivity index is 2.20. The van der Waals surface area contributed by atoms with Gasteiger partial charge in [0.15, 0.2) is 5.82 Å². The summed E-state index contributed by atoms with van der Waals surface area (Å²) in [6, 6.07) is -0.0313. The molecule has 0 fully saturated rings. The average Bonchev–Trinajstić information content (AvgIpc) is 2.75. The molecule has 0 aliphatic carbocycles.